The number of thiophene rings is 1. The van der Waals surface area contributed by atoms with Crippen molar-refractivity contribution in [2.24, 2.45) is 0 Å². The smallest absolute Gasteiger partial charge is 0.320 e. The second-order valence-corrected chi connectivity index (χ2v) is 7.83. The van der Waals surface area contributed by atoms with E-state index in [1.54, 1.807) is 11.3 Å². The number of nitrogens with one attached hydrogen (secondary N) is 1. The van der Waals surface area contributed by atoms with Crippen molar-refractivity contribution in [3.8, 4) is 0 Å². The van der Waals surface area contributed by atoms with Crippen molar-refractivity contribution in [3.05, 3.63) is 19.2 Å². The van der Waals surface area contributed by atoms with E-state index >= 15 is 0 Å². The molecule has 0 unspecified atom stereocenters. The van der Waals surface area contributed by atoms with Gasteiger partial charge in [0.1, 0.15) is 5.60 Å². The van der Waals surface area contributed by atoms with Gasteiger partial charge in [-0.15, -0.1) is 11.3 Å². The average Bonchev–Trinajstić information content (AvgIpc) is 2.43. The Balaban J connectivity index is 2.31. The minimum absolute atomic E-state index is 0.227. The number of ether oxygens (including phenoxy) is 1. The van der Waals surface area contributed by atoms with Crippen LogP contribution in [0, 0.1) is 0 Å². The molecule has 1 heterocycles. The summed E-state index contributed by atoms with van der Waals surface area (Å²) in [4.78, 5) is 12.6. The highest BCUT2D eigenvalue weighted by Gasteiger charge is 2.15. The highest BCUT2D eigenvalue weighted by molar-refractivity contribution is 9.13. The molecule has 0 spiro atoms. The summed E-state index contributed by atoms with van der Waals surface area (Å²) in [6.45, 7) is 6.47. The molecule has 0 saturated heterocycles. The van der Waals surface area contributed by atoms with Crippen LogP contribution < -0.4 is 5.32 Å². The van der Waals surface area contributed by atoms with E-state index in [-0.39, 0.29) is 12.5 Å². The van der Waals surface area contributed by atoms with Gasteiger partial charge in [-0.3, -0.25) is 4.79 Å². The van der Waals surface area contributed by atoms with Crippen LogP contribution >= 0.6 is 43.2 Å². The van der Waals surface area contributed by atoms with Crippen molar-refractivity contribution in [1.82, 2.24) is 5.32 Å². The molecule has 1 rings (SSSR count). The molecular formula is C11H15Br2NO2S. The summed E-state index contributed by atoms with van der Waals surface area (Å²) in [5, 5.41) is 3.06. The lowest BCUT2D eigenvalue weighted by Crippen LogP contribution is -2.31. The van der Waals surface area contributed by atoms with Crippen molar-refractivity contribution < 1.29 is 9.53 Å². The van der Waals surface area contributed by atoms with Crippen LogP contribution in [0.1, 0.15) is 25.6 Å². The minimum Gasteiger partial charge on any atom is -0.459 e. The third-order valence-electron chi connectivity index (χ3n) is 1.68. The molecule has 0 aliphatic heterocycles. The van der Waals surface area contributed by atoms with Gasteiger partial charge in [0.15, 0.2) is 0 Å². The zero-order valence-corrected chi connectivity index (χ0v) is 14.0. The molecule has 0 aliphatic rings. The van der Waals surface area contributed by atoms with Gasteiger partial charge in [0, 0.05) is 15.9 Å². The number of esters is 1. The normalized spacial score (nSPS) is 11.6. The van der Waals surface area contributed by atoms with Crippen molar-refractivity contribution in [1.29, 1.82) is 0 Å². The molecule has 1 N–H and O–H groups in total. The number of rotatable bonds is 4. The van der Waals surface area contributed by atoms with Gasteiger partial charge in [0.05, 0.1) is 10.3 Å². The summed E-state index contributed by atoms with van der Waals surface area (Å²) < 4.78 is 7.29. The predicted octanol–water partition coefficient (Wildman–Crippen LogP) is 3.70. The Labute approximate surface area is 122 Å². The van der Waals surface area contributed by atoms with Gasteiger partial charge < -0.3 is 10.1 Å². The van der Waals surface area contributed by atoms with Crippen molar-refractivity contribution >= 4 is 49.2 Å². The molecule has 0 saturated carbocycles. The quantitative estimate of drug-likeness (QED) is 0.804. The zero-order valence-electron chi connectivity index (χ0n) is 9.97. The van der Waals surface area contributed by atoms with Crippen LogP contribution in [0.5, 0.6) is 0 Å². The van der Waals surface area contributed by atoms with Crippen LogP contribution in [0.2, 0.25) is 0 Å². The van der Waals surface area contributed by atoms with E-state index < -0.39 is 5.60 Å². The van der Waals surface area contributed by atoms with Crippen LogP contribution in [0.3, 0.4) is 0 Å². The fourth-order valence-corrected chi connectivity index (χ4v) is 3.29. The second-order valence-electron chi connectivity index (χ2n) is 4.52. The zero-order chi connectivity index (χ0) is 13.1. The Morgan fingerprint density at radius 3 is 2.59 bits per heavy atom. The van der Waals surface area contributed by atoms with Gasteiger partial charge in [0.2, 0.25) is 0 Å². The maximum Gasteiger partial charge on any atom is 0.320 e. The Morgan fingerprint density at radius 2 is 2.12 bits per heavy atom. The first-order valence-corrected chi connectivity index (χ1v) is 7.54. The maximum absolute atomic E-state index is 11.4. The molecule has 1 aromatic rings. The molecular weight excluding hydrogens is 370 g/mol. The van der Waals surface area contributed by atoms with Gasteiger partial charge >= 0.3 is 5.97 Å². The van der Waals surface area contributed by atoms with Gasteiger partial charge in [0.25, 0.3) is 0 Å². The van der Waals surface area contributed by atoms with E-state index in [9.17, 15) is 4.79 Å². The average molecular weight is 385 g/mol. The van der Waals surface area contributed by atoms with E-state index in [0.717, 1.165) is 13.1 Å². The number of carbonyl (C=O) groups is 1. The molecule has 0 atom stereocenters. The summed E-state index contributed by atoms with van der Waals surface area (Å²) in [7, 11) is 0. The van der Waals surface area contributed by atoms with Gasteiger partial charge in [-0.05, 0) is 58.7 Å². The first-order valence-electron chi connectivity index (χ1n) is 5.14. The van der Waals surface area contributed by atoms with Crippen LogP contribution in [0.25, 0.3) is 0 Å². The molecule has 0 aromatic carbocycles. The molecule has 17 heavy (non-hydrogen) atoms. The van der Waals surface area contributed by atoms with Gasteiger partial charge in [-0.2, -0.15) is 0 Å². The topological polar surface area (TPSA) is 38.3 Å². The highest BCUT2D eigenvalue weighted by Crippen LogP contribution is 2.32. The van der Waals surface area contributed by atoms with E-state index in [1.807, 2.05) is 26.8 Å². The van der Waals surface area contributed by atoms with Crippen LogP contribution in [-0.4, -0.2) is 18.1 Å². The lowest BCUT2D eigenvalue weighted by molar-refractivity contribution is -0.153. The van der Waals surface area contributed by atoms with Crippen molar-refractivity contribution in [2.45, 2.75) is 32.9 Å². The molecule has 0 aliphatic carbocycles. The molecule has 96 valence electrons. The molecule has 0 radical (unpaired) electrons. The summed E-state index contributed by atoms with van der Waals surface area (Å²) in [5.74, 6) is -0.229. The number of hydrogen-bond donors (Lipinski definition) is 1. The SMILES string of the molecule is CC(C)(C)OC(=O)CNCc1cc(Br)c(Br)s1. The molecule has 0 fully saturated rings. The Morgan fingerprint density at radius 1 is 1.47 bits per heavy atom. The summed E-state index contributed by atoms with van der Waals surface area (Å²) in [6, 6.07) is 2.02. The third-order valence-corrected chi connectivity index (χ3v) is 4.94. The van der Waals surface area contributed by atoms with Crippen molar-refractivity contribution in [3.63, 3.8) is 0 Å². The van der Waals surface area contributed by atoms with E-state index in [0.29, 0.717) is 6.54 Å². The van der Waals surface area contributed by atoms with Gasteiger partial charge in [-0.25, -0.2) is 0 Å². The lowest BCUT2D eigenvalue weighted by Gasteiger charge is -2.19. The van der Waals surface area contributed by atoms with Gasteiger partial charge in [-0.1, -0.05) is 0 Å². The van der Waals surface area contributed by atoms with E-state index in [1.165, 1.54) is 0 Å². The molecule has 3 nitrogen and oxygen atoms in total. The monoisotopic (exact) mass is 383 g/mol. The summed E-state index contributed by atoms with van der Waals surface area (Å²) >= 11 is 8.48. The van der Waals surface area contributed by atoms with E-state index in [2.05, 4.69) is 37.2 Å². The van der Waals surface area contributed by atoms with Crippen LogP contribution in [0.15, 0.2) is 14.3 Å². The van der Waals surface area contributed by atoms with Crippen LogP contribution in [0.4, 0.5) is 0 Å². The van der Waals surface area contributed by atoms with E-state index in [4.69, 9.17) is 4.74 Å². The molecule has 6 heteroatoms. The fraction of sp³-hybridized carbons (Fsp3) is 0.545. The first-order chi connectivity index (χ1) is 7.78. The fourth-order valence-electron chi connectivity index (χ4n) is 1.14. The summed E-state index contributed by atoms with van der Waals surface area (Å²) in [6.07, 6.45) is 0. The third kappa shape index (κ3) is 5.99. The van der Waals surface area contributed by atoms with Crippen LogP contribution in [-0.2, 0) is 16.1 Å². The molecule has 1 aromatic heterocycles. The largest absolute Gasteiger partial charge is 0.459 e. The Kier molecular flexibility index (Phi) is 5.63. The highest BCUT2D eigenvalue weighted by atomic mass is 79.9. The molecule has 0 bridgehead atoms. The first kappa shape index (κ1) is 15.1. The standard InChI is InChI=1S/C11H15Br2NO2S/c1-11(2,3)16-9(15)6-14-5-7-4-8(12)10(13)17-7/h4,14H,5-6H2,1-3H3. The Bertz CT molecular complexity index is 379. The number of hydrogen-bond acceptors (Lipinski definition) is 4. The Hall–Kier alpha value is 0.0900. The minimum atomic E-state index is -0.423. The maximum atomic E-state index is 11.4. The number of halogens is 2. The predicted molar refractivity (Wildman–Crippen MR) is 77.3 cm³/mol. The second kappa shape index (κ2) is 6.31. The van der Waals surface area contributed by atoms with Crippen molar-refractivity contribution in [2.75, 3.05) is 6.54 Å². The molecule has 0 amide bonds. The number of carbonyl (C=O) groups excluding carboxylic acids is 1. The lowest BCUT2D eigenvalue weighted by atomic mass is 10.2. The summed E-state index contributed by atoms with van der Waals surface area (Å²) in [5.41, 5.74) is -0.423.